The van der Waals surface area contributed by atoms with Crippen LogP contribution in [0.15, 0.2) is 29.9 Å². The number of aromatic nitrogens is 4. The first-order valence-corrected chi connectivity index (χ1v) is 20.7. The van der Waals surface area contributed by atoms with Gasteiger partial charge in [0.1, 0.15) is 34.6 Å². The molecule has 2 unspecified atom stereocenters. The molecule has 16 nitrogen and oxygen atoms in total. The molecule has 1 amide bonds. The fourth-order valence-corrected chi connectivity index (χ4v) is 9.46. The van der Waals surface area contributed by atoms with Gasteiger partial charge in [-0.05, 0) is 61.1 Å². The minimum absolute atomic E-state index is 0.0949. The topological polar surface area (TPSA) is 185 Å². The van der Waals surface area contributed by atoms with E-state index in [9.17, 15) is 24.3 Å². The van der Waals surface area contributed by atoms with Crippen LogP contribution in [0, 0.1) is 23.7 Å². The van der Waals surface area contributed by atoms with Crippen LogP contribution in [-0.4, -0.2) is 140 Å². The third-order valence-corrected chi connectivity index (χ3v) is 12.9. The lowest BCUT2D eigenvalue weighted by atomic mass is 9.73. The molecule has 5 heterocycles. The van der Waals surface area contributed by atoms with Crippen molar-refractivity contribution >= 4 is 35.0 Å². The number of hydrogen-bond acceptors (Lipinski definition) is 15. The summed E-state index contributed by atoms with van der Waals surface area (Å²) in [5, 5.41) is 22.4. The van der Waals surface area contributed by atoms with Gasteiger partial charge in [0.05, 0.1) is 36.6 Å². The molecule has 17 heteroatoms. The van der Waals surface area contributed by atoms with Crippen LogP contribution >= 0.6 is 11.3 Å². The van der Waals surface area contributed by atoms with Crippen molar-refractivity contribution in [3.05, 3.63) is 29.9 Å². The van der Waals surface area contributed by atoms with E-state index in [1.165, 1.54) is 30.3 Å². The van der Waals surface area contributed by atoms with Crippen molar-refractivity contribution in [1.82, 2.24) is 29.8 Å². The van der Waals surface area contributed by atoms with Gasteiger partial charge >= 0.3 is 12.1 Å². The summed E-state index contributed by atoms with van der Waals surface area (Å²) in [7, 11) is 5.22. The summed E-state index contributed by atoms with van der Waals surface area (Å²) in [6, 6.07) is -1.14. The molecule has 1 N–H and O–H groups in total. The minimum Gasteiger partial charge on any atom is -0.458 e. The predicted molar refractivity (Wildman–Crippen MR) is 210 cm³/mol. The minimum atomic E-state index is -1.44. The number of esters is 1. The van der Waals surface area contributed by atoms with Crippen molar-refractivity contribution in [3.63, 3.8) is 0 Å². The van der Waals surface area contributed by atoms with Gasteiger partial charge in [-0.1, -0.05) is 45.1 Å². The number of cyclic esters (lactones) is 1. The number of ketones is 2. The lowest BCUT2D eigenvalue weighted by Crippen LogP contribution is -2.60. The molecule has 3 aliphatic rings. The Kier molecular flexibility index (Phi) is 14.1. The van der Waals surface area contributed by atoms with E-state index in [4.69, 9.17) is 23.7 Å². The van der Waals surface area contributed by atoms with Crippen LogP contribution in [0.1, 0.15) is 74.7 Å². The highest BCUT2D eigenvalue weighted by Gasteiger charge is 2.60. The second-order valence-corrected chi connectivity index (χ2v) is 17.4. The van der Waals surface area contributed by atoms with Crippen LogP contribution in [0.5, 0.6) is 0 Å². The molecule has 3 saturated heterocycles. The van der Waals surface area contributed by atoms with E-state index in [1.54, 1.807) is 64.7 Å². The van der Waals surface area contributed by atoms with Crippen LogP contribution in [-0.2, 0) is 44.6 Å². The number of thiazole rings is 1. The van der Waals surface area contributed by atoms with E-state index < -0.39 is 83.4 Å². The number of hydrogen-bond donors (Lipinski definition) is 1. The van der Waals surface area contributed by atoms with Crippen molar-refractivity contribution in [3.8, 4) is 10.7 Å². The number of methoxy groups -OCH3 is 1. The number of aliphatic hydroxyl groups is 1. The summed E-state index contributed by atoms with van der Waals surface area (Å²) in [4.78, 5) is 64.3. The van der Waals surface area contributed by atoms with E-state index in [2.05, 4.69) is 15.3 Å². The van der Waals surface area contributed by atoms with E-state index in [-0.39, 0.29) is 37.3 Å². The monoisotopic (exact) mass is 816 g/mol. The highest BCUT2D eigenvalue weighted by molar-refractivity contribution is 7.13. The Morgan fingerprint density at radius 1 is 1.05 bits per heavy atom. The van der Waals surface area contributed by atoms with E-state index in [0.29, 0.717) is 18.7 Å². The van der Waals surface area contributed by atoms with Gasteiger partial charge in [-0.2, -0.15) is 0 Å². The Morgan fingerprint density at radius 2 is 1.75 bits per heavy atom. The van der Waals surface area contributed by atoms with Gasteiger partial charge in [-0.15, -0.1) is 16.4 Å². The Hall–Kier alpha value is -3.61. The average Bonchev–Trinajstić information content (AvgIpc) is 3.93. The van der Waals surface area contributed by atoms with E-state index in [0.717, 1.165) is 5.01 Å². The maximum absolute atomic E-state index is 14.7. The summed E-state index contributed by atoms with van der Waals surface area (Å²) in [5.74, 6) is -5.11. The molecule has 0 aromatic carbocycles. The van der Waals surface area contributed by atoms with E-state index in [1.807, 2.05) is 37.4 Å². The van der Waals surface area contributed by atoms with Crippen LogP contribution in [0.4, 0.5) is 4.79 Å². The second kappa shape index (κ2) is 18.1. The maximum Gasteiger partial charge on any atom is 0.411 e. The molecule has 3 fully saturated rings. The van der Waals surface area contributed by atoms with Gasteiger partial charge in [0.25, 0.3) is 0 Å². The summed E-state index contributed by atoms with van der Waals surface area (Å²) in [6.07, 6.45) is 2.88. The molecule has 2 aromatic rings. The van der Waals surface area contributed by atoms with Crippen molar-refractivity contribution in [2.45, 2.75) is 135 Å². The number of ether oxygens (including phenoxy) is 5. The van der Waals surface area contributed by atoms with Crippen LogP contribution < -0.4 is 0 Å². The zero-order valence-corrected chi connectivity index (χ0v) is 35.8. The molecule has 316 valence electrons. The molecule has 0 bridgehead atoms. The molecule has 13 atom stereocenters. The SMILES string of the molecule is CC[C@H]1OC(=O)[C@H](C)C(=O)[C@H](C)[C@@H](O[C@@H]2O[C@H](C)CC(N(C)C)C2O)[C@](C)(OC)C[C@@H](C)C(=O)[C@H](C)[C@H]2N(C/C=C/Cn3cc(-c4nccs4)nn3)C(=O)O[C@]12C. The zero-order chi connectivity index (χ0) is 42.0. The van der Waals surface area contributed by atoms with Crippen molar-refractivity contribution in [2.24, 2.45) is 23.7 Å². The Balaban J connectivity index is 1.47. The molecule has 5 rings (SSSR count). The molecule has 0 spiro atoms. The van der Waals surface area contributed by atoms with Crippen LogP contribution in [0.25, 0.3) is 10.7 Å². The first kappa shape index (κ1) is 44.5. The molecular weight excluding hydrogens is 757 g/mol. The normalized spacial score (nSPS) is 37.4. The number of carbonyl (C=O) groups is 4. The quantitative estimate of drug-likeness (QED) is 0.205. The molecule has 0 saturated carbocycles. The summed E-state index contributed by atoms with van der Waals surface area (Å²) >= 11 is 1.46. The largest absolute Gasteiger partial charge is 0.458 e. The molecule has 57 heavy (non-hydrogen) atoms. The molecule has 0 aliphatic carbocycles. The Bertz CT molecular complexity index is 1750. The lowest BCUT2D eigenvalue weighted by Gasteiger charge is -2.47. The average molecular weight is 817 g/mol. The number of carbonyl (C=O) groups excluding carboxylic acids is 4. The first-order chi connectivity index (χ1) is 26.9. The maximum atomic E-state index is 14.7. The number of likely N-dealkylation sites (N-methyl/N-ethyl adjacent to an activating group) is 1. The fraction of sp³-hybridized carbons (Fsp3) is 0.725. The molecule has 3 aliphatic heterocycles. The van der Waals surface area contributed by atoms with Crippen molar-refractivity contribution in [2.75, 3.05) is 27.7 Å². The van der Waals surface area contributed by atoms with Gasteiger partial charge in [0.2, 0.25) is 0 Å². The Morgan fingerprint density at radius 3 is 2.39 bits per heavy atom. The smallest absolute Gasteiger partial charge is 0.411 e. The fourth-order valence-electron chi connectivity index (χ4n) is 8.87. The van der Waals surface area contributed by atoms with Gasteiger partial charge in [0.15, 0.2) is 17.7 Å². The number of allylic oxidation sites excluding steroid dienone is 1. The second-order valence-electron chi connectivity index (χ2n) is 16.5. The first-order valence-electron chi connectivity index (χ1n) is 19.8. The number of amides is 1. The van der Waals surface area contributed by atoms with Crippen LogP contribution in [0.3, 0.4) is 0 Å². The van der Waals surface area contributed by atoms with Crippen molar-refractivity contribution in [1.29, 1.82) is 0 Å². The molecule has 0 radical (unpaired) electrons. The molecule has 2 aromatic heterocycles. The third kappa shape index (κ3) is 9.18. The Labute approximate surface area is 339 Å². The summed E-state index contributed by atoms with van der Waals surface area (Å²) in [6.45, 7) is 14.3. The number of nitrogens with zero attached hydrogens (tertiary/aromatic N) is 6. The third-order valence-electron chi connectivity index (χ3n) is 12.1. The predicted octanol–water partition coefficient (Wildman–Crippen LogP) is 4.16. The van der Waals surface area contributed by atoms with Gasteiger partial charge in [0, 0.05) is 49.0 Å². The standard InChI is InChI=1S/C40H60N6O10S/c1-12-29-40(8)33(46(38(51)56-40)17-14-13-16-45-21-27(42-43-45)35-41-15-18-57-35)24(4)30(47)22(2)20-39(7,52-11)34(25(5)31(48)26(6)36(50)54-29)55-37-32(49)28(44(9)10)19-23(3)53-37/h13-15,18,21-26,28-29,32-34,37,49H,12,16-17,19-20H2,1-11H3/b14-13+/t22-,23-,24+,25+,26-,28?,29-,32?,33-,34-,37+,39-,40-/m1/s1. The highest BCUT2D eigenvalue weighted by atomic mass is 32.1. The van der Waals surface area contributed by atoms with Gasteiger partial charge < -0.3 is 33.7 Å². The number of aliphatic hydroxyl groups excluding tert-OH is 1. The zero-order valence-electron chi connectivity index (χ0n) is 35.0. The molecular formula is C40H60N6O10S. The lowest BCUT2D eigenvalue weighted by molar-refractivity contribution is -0.295. The van der Waals surface area contributed by atoms with Crippen molar-refractivity contribution < 1.29 is 48.0 Å². The number of fused-ring (bicyclic) bond motifs is 1. The number of rotatable bonds is 10. The number of Topliss-reactive ketones (excluding diaryl/α,β-unsaturated/α-hetero) is 2. The van der Waals surface area contributed by atoms with Gasteiger partial charge in [-0.3, -0.25) is 19.3 Å². The van der Waals surface area contributed by atoms with Crippen LogP contribution in [0.2, 0.25) is 0 Å². The van der Waals surface area contributed by atoms with Gasteiger partial charge in [-0.25, -0.2) is 14.5 Å². The van der Waals surface area contributed by atoms with E-state index >= 15 is 0 Å². The summed E-state index contributed by atoms with van der Waals surface area (Å²) in [5.41, 5.74) is -2.07. The summed E-state index contributed by atoms with van der Waals surface area (Å²) < 4.78 is 32.7. The highest BCUT2D eigenvalue weighted by Crippen LogP contribution is 2.43.